The Balaban J connectivity index is 1.33. The van der Waals surface area contributed by atoms with Crippen molar-refractivity contribution in [2.45, 2.75) is 49.5 Å². The predicted molar refractivity (Wildman–Crippen MR) is 145 cm³/mol. The topological polar surface area (TPSA) is 111 Å². The van der Waals surface area contributed by atoms with E-state index in [0.717, 1.165) is 30.5 Å². The maximum Gasteiger partial charge on any atom is 0.416 e. The van der Waals surface area contributed by atoms with Gasteiger partial charge in [-0.1, -0.05) is 31.2 Å². The molecule has 4 aromatic rings. The van der Waals surface area contributed by atoms with Crippen LogP contribution in [0.3, 0.4) is 0 Å². The summed E-state index contributed by atoms with van der Waals surface area (Å²) in [6.45, 7) is 1.18. The Hall–Kier alpha value is -3.90. The smallest absolute Gasteiger partial charge is 0.416 e. The van der Waals surface area contributed by atoms with Gasteiger partial charge < -0.3 is 15.2 Å². The summed E-state index contributed by atoms with van der Waals surface area (Å²) in [4.78, 5) is 17.8. The second-order valence-corrected chi connectivity index (χ2v) is 12.1. The molecular formula is C29H28F3N3O5S. The van der Waals surface area contributed by atoms with E-state index in [1.807, 2.05) is 4.57 Å². The lowest BCUT2D eigenvalue weighted by Gasteiger charge is -2.17. The minimum Gasteiger partial charge on any atom is -0.460 e. The summed E-state index contributed by atoms with van der Waals surface area (Å²) in [6.07, 6.45) is -2.55. The first kappa shape index (κ1) is 28.6. The number of hydrogen-bond donors (Lipinski definition) is 2. The van der Waals surface area contributed by atoms with Gasteiger partial charge >= 0.3 is 6.18 Å². The first-order chi connectivity index (χ1) is 19.5. The number of halogens is 3. The molecule has 1 aliphatic carbocycles. The molecule has 1 unspecified atom stereocenters. The van der Waals surface area contributed by atoms with E-state index < -0.39 is 40.1 Å². The molecule has 3 aromatic carbocycles. The molecule has 1 aromatic heterocycles. The fourth-order valence-electron chi connectivity index (χ4n) is 4.49. The van der Waals surface area contributed by atoms with Crippen LogP contribution in [0.5, 0.6) is 6.01 Å². The Morgan fingerprint density at radius 3 is 2.37 bits per heavy atom. The van der Waals surface area contributed by atoms with Gasteiger partial charge in [0.2, 0.25) is 0 Å². The summed E-state index contributed by atoms with van der Waals surface area (Å²) < 4.78 is 70.6. The largest absolute Gasteiger partial charge is 0.460 e. The second-order valence-electron chi connectivity index (χ2n) is 9.86. The number of benzene rings is 3. The zero-order chi connectivity index (χ0) is 29.4. The van der Waals surface area contributed by atoms with Gasteiger partial charge in [0.15, 0.2) is 9.84 Å². The zero-order valence-electron chi connectivity index (χ0n) is 22.1. The minimum atomic E-state index is -4.41. The highest BCUT2D eigenvalue weighted by molar-refractivity contribution is 7.91. The third-order valence-corrected chi connectivity index (χ3v) is 8.74. The summed E-state index contributed by atoms with van der Waals surface area (Å²) in [5.41, 5.74) is 1.95. The molecule has 0 radical (unpaired) electrons. The molecule has 2 N–H and O–H groups in total. The highest BCUT2D eigenvalue weighted by Gasteiger charge is 2.31. The minimum absolute atomic E-state index is 0.0258. The Kier molecular flexibility index (Phi) is 7.80. The number of aromatic nitrogens is 2. The van der Waals surface area contributed by atoms with Crippen molar-refractivity contribution in [2.24, 2.45) is 0 Å². The van der Waals surface area contributed by atoms with Gasteiger partial charge in [0, 0.05) is 11.6 Å². The van der Waals surface area contributed by atoms with E-state index in [0.29, 0.717) is 28.2 Å². The second kappa shape index (κ2) is 11.2. The lowest BCUT2D eigenvalue weighted by atomic mass is 10.1. The van der Waals surface area contributed by atoms with Crippen molar-refractivity contribution in [3.63, 3.8) is 0 Å². The first-order valence-corrected chi connectivity index (χ1v) is 14.7. The van der Waals surface area contributed by atoms with Crippen LogP contribution in [0.25, 0.3) is 11.0 Å². The molecule has 0 spiro atoms. The van der Waals surface area contributed by atoms with Gasteiger partial charge in [-0.05, 0) is 66.4 Å². The van der Waals surface area contributed by atoms with Crippen LogP contribution >= 0.6 is 0 Å². The van der Waals surface area contributed by atoms with Crippen LogP contribution in [-0.2, 0) is 22.6 Å². The molecule has 1 atom stereocenters. The lowest BCUT2D eigenvalue weighted by Crippen LogP contribution is -2.30. The van der Waals surface area contributed by atoms with Gasteiger partial charge in [0.25, 0.3) is 11.9 Å². The lowest BCUT2D eigenvalue weighted by molar-refractivity contribution is -0.137. The summed E-state index contributed by atoms with van der Waals surface area (Å²) in [5, 5.41) is 12.7. The van der Waals surface area contributed by atoms with Crippen molar-refractivity contribution in [3.05, 3.63) is 89.0 Å². The molecule has 1 saturated carbocycles. The predicted octanol–water partition coefficient (Wildman–Crippen LogP) is 5.23. The van der Waals surface area contributed by atoms with Crippen LogP contribution < -0.4 is 10.1 Å². The van der Waals surface area contributed by atoms with Crippen molar-refractivity contribution in [2.75, 3.05) is 12.4 Å². The Morgan fingerprint density at radius 2 is 1.78 bits per heavy atom. The SMILES string of the molecule is CCS(=O)(=O)c1ccc(C(CO)NC(=O)c2ccc3c(c2)nc(OCc2ccc(C(F)(F)F)cc2)n3C2CC2)cc1. The maximum absolute atomic E-state index is 13.1. The molecule has 1 fully saturated rings. The number of imidazole rings is 1. The fourth-order valence-corrected chi connectivity index (χ4v) is 5.38. The summed E-state index contributed by atoms with van der Waals surface area (Å²) >= 11 is 0. The van der Waals surface area contributed by atoms with Crippen LogP contribution in [0.2, 0.25) is 0 Å². The number of aliphatic hydroxyl groups excluding tert-OH is 1. The number of hydrogen-bond acceptors (Lipinski definition) is 6. The first-order valence-electron chi connectivity index (χ1n) is 13.1. The van der Waals surface area contributed by atoms with E-state index in [-0.39, 0.29) is 23.3 Å². The Labute approximate surface area is 234 Å². The summed E-state index contributed by atoms with van der Waals surface area (Å²) in [6, 6.07) is 15.5. The Bertz CT molecular complexity index is 1660. The van der Waals surface area contributed by atoms with E-state index in [1.54, 1.807) is 37.3 Å². The average molecular weight is 588 g/mol. The van der Waals surface area contributed by atoms with Gasteiger partial charge in [0.1, 0.15) is 6.61 Å². The number of alkyl halides is 3. The number of nitrogens with zero attached hydrogens (tertiary/aromatic N) is 2. The molecular weight excluding hydrogens is 559 g/mol. The number of fused-ring (bicyclic) bond motifs is 1. The van der Waals surface area contributed by atoms with Crippen LogP contribution in [-0.4, -0.2) is 41.3 Å². The van der Waals surface area contributed by atoms with Crippen molar-refractivity contribution in [3.8, 4) is 6.01 Å². The third kappa shape index (κ3) is 6.23. The number of rotatable bonds is 10. The molecule has 1 heterocycles. The molecule has 1 amide bonds. The number of carbonyl (C=O) groups excluding carboxylic acids is 1. The molecule has 8 nitrogen and oxygen atoms in total. The number of amides is 1. The standard InChI is InChI=1S/C29H28F3N3O5S/c1-2-41(38,39)23-12-5-19(6-13-23)25(16-36)33-27(37)20-7-14-26-24(15-20)34-28(35(26)22-10-11-22)40-17-18-3-8-21(9-4-18)29(30,31)32/h3-9,12-15,22,25,36H,2,10-11,16-17H2,1H3,(H,33,37). The van der Waals surface area contributed by atoms with Gasteiger partial charge in [0.05, 0.1) is 39.9 Å². The number of aliphatic hydroxyl groups is 1. The summed E-state index contributed by atoms with van der Waals surface area (Å²) in [7, 11) is -3.37. The molecule has 0 aliphatic heterocycles. The molecule has 12 heteroatoms. The quantitative estimate of drug-likeness (QED) is 0.263. The van der Waals surface area contributed by atoms with Gasteiger partial charge in [-0.2, -0.15) is 18.2 Å². The van der Waals surface area contributed by atoms with Gasteiger partial charge in [-0.3, -0.25) is 9.36 Å². The average Bonchev–Trinajstić information content (AvgIpc) is 3.74. The van der Waals surface area contributed by atoms with Gasteiger partial charge in [-0.25, -0.2) is 8.42 Å². The monoisotopic (exact) mass is 587 g/mol. The number of carbonyl (C=O) groups is 1. The Morgan fingerprint density at radius 1 is 1.10 bits per heavy atom. The molecule has 41 heavy (non-hydrogen) atoms. The molecule has 1 aliphatic rings. The van der Waals surface area contributed by atoms with Crippen molar-refractivity contribution < 1.29 is 36.2 Å². The van der Waals surface area contributed by atoms with E-state index in [9.17, 15) is 31.5 Å². The molecule has 0 saturated heterocycles. The van der Waals surface area contributed by atoms with E-state index in [4.69, 9.17) is 4.74 Å². The highest BCUT2D eigenvalue weighted by Crippen LogP contribution is 2.41. The van der Waals surface area contributed by atoms with Crippen LogP contribution in [0, 0.1) is 0 Å². The van der Waals surface area contributed by atoms with Crippen molar-refractivity contribution in [1.82, 2.24) is 14.9 Å². The van der Waals surface area contributed by atoms with Crippen molar-refractivity contribution >= 4 is 26.8 Å². The van der Waals surface area contributed by atoms with Crippen molar-refractivity contribution in [1.29, 1.82) is 0 Å². The van der Waals surface area contributed by atoms with Crippen LogP contribution in [0.4, 0.5) is 13.2 Å². The maximum atomic E-state index is 13.1. The molecule has 0 bridgehead atoms. The zero-order valence-corrected chi connectivity index (χ0v) is 22.9. The van der Waals surface area contributed by atoms with E-state index in [1.165, 1.54) is 24.3 Å². The normalized spacial score (nSPS) is 14.7. The highest BCUT2D eigenvalue weighted by atomic mass is 32.2. The van der Waals surface area contributed by atoms with E-state index in [2.05, 4.69) is 10.3 Å². The molecule has 216 valence electrons. The third-order valence-electron chi connectivity index (χ3n) is 6.99. The number of ether oxygens (including phenoxy) is 1. The number of nitrogens with one attached hydrogen (secondary N) is 1. The van der Waals surface area contributed by atoms with Crippen LogP contribution in [0.15, 0.2) is 71.6 Å². The van der Waals surface area contributed by atoms with E-state index >= 15 is 0 Å². The summed E-state index contributed by atoms with van der Waals surface area (Å²) in [5.74, 6) is -0.489. The molecule has 5 rings (SSSR count). The van der Waals surface area contributed by atoms with Gasteiger partial charge in [-0.15, -0.1) is 0 Å². The fraction of sp³-hybridized carbons (Fsp3) is 0.310. The number of sulfone groups is 1. The van der Waals surface area contributed by atoms with Crippen LogP contribution in [0.1, 0.15) is 58.9 Å².